The largest absolute Gasteiger partial charge is 0.805 e. The van der Waals surface area contributed by atoms with Crippen molar-refractivity contribution in [3.05, 3.63) is 96.6 Å². The van der Waals surface area contributed by atoms with E-state index in [1.165, 1.54) is 12.7 Å². The van der Waals surface area contributed by atoms with Crippen molar-refractivity contribution < 1.29 is 32.6 Å². The van der Waals surface area contributed by atoms with E-state index in [0.29, 0.717) is 59.2 Å². The van der Waals surface area contributed by atoms with E-state index in [-0.39, 0.29) is 0 Å². The fourth-order valence-corrected chi connectivity index (χ4v) is 5.57. The Morgan fingerprint density at radius 1 is 0.542 bits per heavy atom. The molecular weight excluding hydrogens is 635 g/mol. The maximum Gasteiger partial charge on any atom is 0.805 e. The molecule has 0 saturated heterocycles. The van der Waals surface area contributed by atoms with Crippen molar-refractivity contribution in [3.63, 3.8) is 0 Å². The molecular formula is C34H32N6O7P+. The summed E-state index contributed by atoms with van der Waals surface area (Å²) in [5, 5.41) is 8.27. The van der Waals surface area contributed by atoms with E-state index in [1.807, 2.05) is 36.4 Å². The summed E-state index contributed by atoms with van der Waals surface area (Å²) >= 11 is 0. The van der Waals surface area contributed by atoms with Crippen LogP contribution in [-0.2, 0) is 17.7 Å². The van der Waals surface area contributed by atoms with Gasteiger partial charge in [0.15, 0.2) is 34.5 Å². The summed E-state index contributed by atoms with van der Waals surface area (Å²) in [5.41, 5.74) is 3.37. The van der Waals surface area contributed by atoms with Gasteiger partial charge in [0.1, 0.15) is 24.3 Å². The smallest absolute Gasteiger partial charge is 0.493 e. The molecule has 2 N–H and O–H groups in total. The highest BCUT2D eigenvalue weighted by Crippen LogP contribution is 2.35. The summed E-state index contributed by atoms with van der Waals surface area (Å²) in [5.74, 6) is 4.50. The summed E-state index contributed by atoms with van der Waals surface area (Å²) in [7, 11) is 3.87. The van der Waals surface area contributed by atoms with Crippen LogP contribution in [0, 0.1) is 0 Å². The van der Waals surface area contributed by atoms with Crippen LogP contribution in [0.2, 0.25) is 0 Å². The lowest BCUT2D eigenvalue weighted by atomic mass is 10.2. The zero-order valence-corrected chi connectivity index (χ0v) is 27.5. The van der Waals surface area contributed by atoms with E-state index < -0.39 is 8.25 Å². The molecule has 2 aromatic heterocycles. The quantitative estimate of drug-likeness (QED) is 0.116. The molecule has 4 aromatic carbocycles. The lowest BCUT2D eigenvalue weighted by Gasteiger charge is -2.12. The van der Waals surface area contributed by atoms with Crippen LogP contribution in [0.1, 0.15) is 11.1 Å². The zero-order valence-electron chi connectivity index (χ0n) is 26.6. The van der Waals surface area contributed by atoms with Crippen molar-refractivity contribution >= 4 is 41.7 Å². The molecule has 0 unspecified atom stereocenters. The molecule has 6 aromatic rings. The molecule has 13 nitrogen and oxygen atoms in total. The van der Waals surface area contributed by atoms with Gasteiger partial charge in [0.05, 0.1) is 39.5 Å². The van der Waals surface area contributed by atoms with Crippen molar-refractivity contribution in [1.82, 2.24) is 19.9 Å². The summed E-state index contributed by atoms with van der Waals surface area (Å²) in [6.45, 7) is 0.974. The van der Waals surface area contributed by atoms with Crippen LogP contribution in [0.15, 0.2) is 85.5 Å². The fraction of sp³-hybridized carbons (Fsp3) is 0.176. The molecule has 0 radical (unpaired) electrons. The Morgan fingerprint density at radius 3 is 1.29 bits per heavy atom. The Morgan fingerprint density at radius 2 is 0.917 bits per heavy atom. The second kappa shape index (κ2) is 14.7. The van der Waals surface area contributed by atoms with Crippen LogP contribution >= 0.6 is 8.25 Å². The number of rotatable bonds is 14. The topological polar surface area (TPSA) is 148 Å². The number of hydrogen-bond acceptors (Lipinski definition) is 13. The van der Waals surface area contributed by atoms with Gasteiger partial charge in [-0.15, -0.1) is 0 Å². The molecule has 0 aliphatic rings. The first-order chi connectivity index (χ1) is 23.5. The van der Waals surface area contributed by atoms with Gasteiger partial charge >= 0.3 is 8.25 Å². The molecule has 0 fully saturated rings. The molecule has 0 aliphatic carbocycles. The Kier molecular flexibility index (Phi) is 9.77. The van der Waals surface area contributed by atoms with Gasteiger partial charge in [-0.1, -0.05) is 24.3 Å². The number of methoxy groups -OCH3 is 4. The molecule has 0 bridgehead atoms. The standard InChI is InChI=1S/C34H32N6O7P/c1-42-29-13-25-27(15-31(29)44-3)37-19-39-33(25)35-17-21-5-9-23(10-6-21)46-48(41)47-24-11-7-22(8-12-24)18-36-34-26-14-30(43-2)32(45-4)16-28(26)38-20-40-34/h5-16,19-20H,17-18H2,1-4H3,(H,35,37,39)(H,36,38,40)/q+1. The van der Waals surface area contributed by atoms with Gasteiger partial charge in [-0.3, -0.25) is 0 Å². The molecule has 0 atom stereocenters. The van der Waals surface area contributed by atoms with E-state index in [1.54, 1.807) is 64.8 Å². The molecule has 0 saturated carbocycles. The molecule has 14 heteroatoms. The van der Waals surface area contributed by atoms with Gasteiger partial charge in [-0.05, 0) is 47.5 Å². The van der Waals surface area contributed by atoms with Crippen molar-refractivity contribution in [2.75, 3.05) is 39.1 Å². The summed E-state index contributed by atoms with van der Waals surface area (Å²) in [6, 6.07) is 21.7. The molecule has 2 heterocycles. The Balaban J connectivity index is 1.02. The van der Waals surface area contributed by atoms with Crippen LogP contribution < -0.4 is 38.6 Å². The maximum absolute atomic E-state index is 12.6. The fourth-order valence-electron chi connectivity index (χ4n) is 4.95. The Labute approximate surface area is 277 Å². The van der Waals surface area contributed by atoms with Crippen molar-refractivity contribution in [3.8, 4) is 34.5 Å². The zero-order chi connectivity index (χ0) is 33.5. The summed E-state index contributed by atoms with van der Waals surface area (Å²) in [6.07, 6.45) is 2.98. The monoisotopic (exact) mass is 667 g/mol. The van der Waals surface area contributed by atoms with Crippen molar-refractivity contribution in [2.45, 2.75) is 13.1 Å². The average molecular weight is 668 g/mol. The minimum absolute atomic E-state index is 0.413. The predicted molar refractivity (Wildman–Crippen MR) is 182 cm³/mol. The van der Waals surface area contributed by atoms with Crippen LogP contribution in [0.4, 0.5) is 11.6 Å². The first kappa shape index (κ1) is 32.0. The molecule has 6 rings (SSSR count). The van der Waals surface area contributed by atoms with E-state index in [9.17, 15) is 4.57 Å². The number of anilines is 2. The minimum atomic E-state index is -2.46. The highest BCUT2D eigenvalue weighted by Gasteiger charge is 2.24. The van der Waals surface area contributed by atoms with Crippen LogP contribution in [0.25, 0.3) is 21.8 Å². The van der Waals surface area contributed by atoms with E-state index in [4.69, 9.17) is 28.0 Å². The number of nitrogens with one attached hydrogen (secondary N) is 2. The van der Waals surface area contributed by atoms with Crippen molar-refractivity contribution in [1.29, 1.82) is 0 Å². The maximum atomic E-state index is 12.6. The normalized spacial score (nSPS) is 10.8. The van der Waals surface area contributed by atoms with E-state index in [0.717, 1.165) is 32.9 Å². The van der Waals surface area contributed by atoms with E-state index >= 15 is 0 Å². The van der Waals surface area contributed by atoms with Gasteiger partial charge in [-0.25, -0.2) is 29.0 Å². The summed E-state index contributed by atoms with van der Waals surface area (Å²) in [4.78, 5) is 17.4. The second-order valence-electron chi connectivity index (χ2n) is 10.3. The van der Waals surface area contributed by atoms with Crippen LogP contribution in [0.5, 0.6) is 34.5 Å². The molecule has 48 heavy (non-hydrogen) atoms. The minimum Gasteiger partial charge on any atom is -0.493 e. The summed E-state index contributed by atoms with van der Waals surface area (Å²) < 4.78 is 45.3. The van der Waals surface area contributed by atoms with Crippen LogP contribution in [-0.4, -0.2) is 48.4 Å². The van der Waals surface area contributed by atoms with Gasteiger partial charge in [0, 0.05) is 40.6 Å². The highest BCUT2D eigenvalue weighted by atomic mass is 31.1. The highest BCUT2D eigenvalue weighted by molar-refractivity contribution is 7.34. The average Bonchev–Trinajstić information content (AvgIpc) is 3.12. The number of hydrogen-bond donors (Lipinski definition) is 2. The first-order valence-electron chi connectivity index (χ1n) is 14.7. The van der Waals surface area contributed by atoms with Gasteiger partial charge < -0.3 is 29.6 Å². The SMILES string of the molecule is COc1cc2ncnc(NCc3ccc(O[P+](=O)Oc4ccc(CNc5ncnc6cc(OC)c(OC)cc56)cc4)cc3)c2cc1OC. The van der Waals surface area contributed by atoms with Gasteiger partial charge in [0.25, 0.3) is 0 Å². The lowest BCUT2D eigenvalue weighted by Crippen LogP contribution is -2.03. The van der Waals surface area contributed by atoms with Gasteiger partial charge in [-0.2, -0.15) is 0 Å². The molecule has 244 valence electrons. The van der Waals surface area contributed by atoms with Gasteiger partial charge in [0.2, 0.25) is 0 Å². The number of nitrogens with zero attached hydrogens (tertiary/aromatic N) is 4. The lowest BCUT2D eigenvalue weighted by molar-refractivity contribution is 0.356. The predicted octanol–water partition coefficient (Wildman–Crippen LogP) is 6.95. The number of fused-ring (bicyclic) bond motifs is 2. The third kappa shape index (κ3) is 7.21. The molecule has 0 spiro atoms. The number of ether oxygens (including phenoxy) is 4. The van der Waals surface area contributed by atoms with Crippen molar-refractivity contribution in [2.24, 2.45) is 0 Å². The Hall–Kier alpha value is -5.94. The Bertz CT molecular complexity index is 1920. The molecule has 0 aliphatic heterocycles. The first-order valence-corrected chi connectivity index (χ1v) is 15.8. The number of benzene rings is 4. The molecule has 0 amide bonds. The second-order valence-corrected chi connectivity index (χ2v) is 11.1. The van der Waals surface area contributed by atoms with Crippen LogP contribution in [0.3, 0.4) is 0 Å². The third-order valence-corrected chi connectivity index (χ3v) is 8.13. The number of aromatic nitrogens is 4. The third-order valence-electron chi connectivity index (χ3n) is 7.41. The van der Waals surface area contributed by atoms with E-state index in [2.05, 4.69) is 30.6 Å².